The van der Waals surface area contributed by atoms with Crippen LogP contribution in [0.4, 0.5) is 0 Å². The highest BCUT2D eigenvalue weighted by atomic mass is 31.1. The fourth-order valence-electron chi connectivity index (χ4n) is 4.05. The summed E-state index contributed by atoms with van der Waals surface area (Å²) in [5.74, 6) is 0. The monoisotopic (exact) mass is 286 g/mol. The molecule has 0 aromatic rings. The minimum Gasteiger partial charge on any atom is -0.0974 e. The Labute approximate surface area is 117 Å². The van der Waals surface area contributed by atoms with Gasteiger partial charge in [0.1, 0.15) is 0 Å². The van der Waals surface area contributed by atoms with Gasteiger partial charge < -0.3 is 0 Å². The van der Waals surface area contributed by atoms with Gasteiger partial charge in [-0.25, -0.2) is 0 Å². The van der Waals surface area contributed by atoms with Crippen molar-refractivity contribution in [1.82, 2.24) is 0 Å². The van der Waals surface area contributed by atoms with Crippen molar-refractivity contribution in [3.63, 3.8) is 0 Å². The van der Waals surface area contributed by atoms with Crippen molar-refractivity contribution in [1.29, 1.82) is 0 Å². The normalized spacial score (nSPS) is 38.3. The summed E-state index contributed by atoms with van der Waals surface area (Å²) in [7, 11) is 0.564. The molecule has 2 rings (SSSR count). The maximum Gasteiger partial charge on any atom is -0.0136 e. The lowest BCUT2D eigenvalue weighted by Crippen LogP contribution is -2.29. The summed E-state index contributed by atoms with van der Waals surface area (Å²) in [6.45, 7) is 15.0. The van der Waals surface area contributed by atoms with E-state index in [9.17, 15) is 0 Å². The third-order valence-electron chi connectivity index (χ3n) is 4.77. The molecule has 2 aliphatic heterocycles. The average molecular weight is 286 g/mol. The third kappa shape index (κ3) is 3.12. The maximum absolute atomic E-state index is 2.51. The van der Waals surface area contributed by atoms with E-state index in [1.165, 1.54) is 12.8 Å². The Balaban J connectivity index is 2.15. The van der Waals surface area contributed by atoms with Gasteiger partial charge in [-0.05, 0) is 59.6 Å². The molecule has 2 heteroatoms. The van der Waals surface area contributed by atoms with Crippen molar-refractivity contribution < 1.29 is 0 Å². The van der Waals surface area contributed by atoms with Crippen LogP contribution in [0, 0.1) is 0 Å². The van der Waals surface area contributed by atoms with Crippen LogP contribution in [0.5, 0.6) is 0 Å². The van der Waals surface area contributed by atoms with Gasteiger partial charge >= 0.3 is 0 Å². The first-order valence-corrected chi connectivity index (χ1v) is 10.9. The first-order valence-electron chi connectivity index (χ1n) is 7.75. The van der Waals surface area contributed by atoms with Crippen LogP contribution in [0.15, 0.2) is 0 Å². The molecular formula is C16H32P2. The van der Waals surface area contributed by atoms with E-state index in [-0.39, 0.29) is 15.8 Å². The summed E-state index contributed by atoms with van der Waals surface area (Å²) in [5, 5.41) is 1.19. The highest BCUT2D eigenvalue weighted by molar-refractivity contribution is 7.64. The van der Waals surface area contributed by atoms with E-state index in [0.717, 1.165) is 11.3 Å². The van der Waals surface area contributed by atoms with Crippen molar-refractivity contribution in [3.8, 4) is 0 Å². The summed E-state index contributed by atoms with van der Waals surface area (Å²) in [6.07, 6.45) is 9.29. The van der Waals surface area contributed by atoms with E-state index < -0.39 is 0 Å². The highest BCUT2D eigenvalue weighted by Crippen LogP contribution is 2.69. The third-order valence-corrected chi connectivity index (χ3v) is 12.9. The van der Waals surface area contributed by atoms with E-state index in [1.54, 1.807) is 25.2 Å². The zero-order valence-electron chi connectivity index (χ0n) is 13.3. The Bertz CT molecular complexity index is 254. The van der Waals surface area contributed by atoms with Crippen LogP contribution in [-0.4, -0.2) is 34.0 Å². The fourth-order valence-corrected chi connectivity index (χ4v) is 12.2. The Hall–Kier alpha value is 0.860. The van der Waals surface area contributed by atoms with E-state index in [4.69, 9.17) is 0 Å². The maximum atomic E-state index is 2.51. The summed E-state index contributed by atoms with van der Waals surface area (Å²) in [6, 6.07) is 0. The number of hydrogen-bond acceptors (Lipinski definition) is 0. The molecule has 0 radical (unpaired) electrons. The molecule has 0 saturated carbocycles. The van der Waals surface area contributed by atoms with Gasteiger partial charge in [-0.15, -0.1) is 0 Å². The molecule has 0 bridgehead atoms. The summed E-state index contributed by atoms with van der Waals surface area (Å²) in [4.78, 5) is 0. The van der Waals surface area contributed by atoms with Gasteiger partial charge in [0.05, 0.1) is 0 Å². The standard InChI is InChI=1S/C16H32P2/c1-15(2,3)17-11-7-9-13(17)14-10-8-12-18(14)16(4,5)6/h13-14H,7-12H2,1-6H3/t13-,14-,17-,18+/m1/s1. The Morgan fingerprint density at radius 1 is 0.667 bits per heavy atom. The van der Waals surface area contributed by atoms with E-state index >= 15 is 0 Å². The number of hydrogen-bond donors (Lipinski definition) is 0. The van der Waals surface area contributed by atoms with Crippen LogP contribution < -0.4 is 0 Å². The van der Waals surface area contributed by atoms with Crippen LogP contribution >= 0.6 is 15.8 Å². The zero-order chi connectivity index (χ0) is 13.6. The van der Waals surface area contributed by atoms with Gasteiger partial charge in [-0.1, -0.05) is 57.4 Å². The minimum absolute atomic E-state index is 0.282. The molecule has 4 atom stereocenters. The Morgan fingerprint density at radius 2 is 1.00 bits per heavy atom. The molecule has 18 heavy (non-hydrogen) atoms. The smallest absolute Gasteiger partial charge is 0.0136 e. The molecule has 0 aromatic carbocycles. The second-order valence-corrected chi connectivity index (χ2v) is 14.9. The van der Waals surface area contributed by atoms with Crippen LogP contribution in [0.25, 0.3) is 0 Å². The van der Waals surface area contributed by atoms with Crippen LogP contribution in [-0.2, 0) is 0 Å². The Kier molecular flexibility index (Phi) is 4.52. The lowest BCUT2D eigenvalue weighted by atomic mass is 10.1. The quantitative estimate of drug-likeness (QED) is 0.529. The minimum atomic E-state index is 0.282. The van der Waals surface area contributed by atoms with Gasteiger partial charge in [0.25, 0.3) is 0 Å². The van der Waals surface area contributed by atoms with Crippen LogP contribution in [0.1, 0.15) is 67.2 Å². The summed E-state index contributed by atoms with van der Waals surface area (Å²) < 4.78 is 0. The van der Waals surface area contributed by atoms with Gasteiger partial charge in [-0.2, -0.15) is 0 Å². The van der Waals surface area contributed by atoms with Crippen LogP contribution in [0.2, 0.25) is 0 Å². The molecule has 2 heterocycles. The molecule has 0 nitrogen and oxygen atoms in total. The van der Waals surface area contributed by atoms with Gasteiger partial charge in [0.2, 0.25) is 0 Å². The summed E-state index contributed by atoms with van der Waals surface area (Å²) in [5.41, 5.74) is 2.24. The molecule has 106 valence electrons. The molecule has 0 amide bonds. The molecule has 2 fully saturated rings. The van der Waals surface area contributed by atoms with Crippen LogP contribution in [0.3, 0.4) is 0 Å². The van der Waals surface area contributed by atoms with Crippen molar-refractivity contribution >= 4 is 15.8 Å². The largest absolute Gasteiger partial charge is 0.0974 e. The van der Waals surface area contributed by atoms with Crippen molar-refractivity contribution in [2.75, 3.05) is 12.3 Å². The molecule has 0 aromatic heterocycles. The van der Waals surface area contributed by atoms with E-state index in [0.29, 0.717) is 10.3 Å². The lowest BCUT2D eigenvalue weighted by Gasteiger charge is -2.42. The second-order valence-electron chi connectivity index (χ2n) is 8.15. The first-order chi connectivity index (χ1) is 8.21. The molecule has 0 aliphatic carbocycles. The molecular weight excluding hydrogens is 254 g/mol. The van der Waals surface area contributed by atoms with E-state index in [1.807, 2.05) is 0 Å². The summed E-state index contributed by atoms with van der Waals surface area (Å²) >= 11 is 0. The first kappa shape index (κ1) is 15.3. The van der Waals surface area contributed by atoms with E-state index in [2.05, 4.69) is 41.5 Å². The highest BCUT2D eigenvalue weighted by Gasteiger charge is 2.46. The van der Waals surface area contributed by atoms with Crippen molar-refractivity contribution in [3.05, 3.63) is 0 Å². The molecule has 0 N–H and O–H groups in total. The molecule has 0 unspecified atom stereocenters. The molecule has 2 saturated heterocycles. The average Bonchev–Trinajstić information content (AvgIpc) is 2.83. The molecule has 0 spiro atoms. The lowest BCUT2D eigenvalue weighted by molar-refractivity contribution is 0.671. The van der Waals surface area contributed by atoms with Crippen molar-refractivity contribution in [2.45, 2.75) is 88.9 Å². The zero-order valence-corrected chi connectivity index (χ0v) is 15.1. The predicted molar refractivity (Wildman–Crippen MR) is 89.1 cm³/mol. The predicted octanol–water partition coefficient (Wildman–Crippen LogP) is 5.87. The Morgan fingerprint density at radius 3 is 1.28 bits per heavy atom. The van der Waals surface area contributed by atoms with Gasteiger partial charge in [0, 0.05) is 0 Å². The fraction of sp³-hybridized carbons (Fsp3) is 1.00. The second kappa shape index (κ2) is 5.33. The van der Waals surface area contributed by atoms with Gasteiger partial charge in [-0.3, -0.25) is 0 Å². The van der Waals surface area contributed by atoms with Gasteiger partial charge in [0.15, 0.2) is 0 Å². The molecule has 2 aliphatic rings. The number of rotatable bonds is 1. The SMILES string of the molecule is CC(C)(C)[P@]1CCC[C@@H]1[C@H]1CCC[P@]1C(C)(C)C. The van der Waals surface area contributed by atoms with Crippen molar-refractivity contribution in [2.24, 2.45) is 0 Å². The topological polar surface area (TPSA) is 0 Å².